The van der Waals surface area contributed by atoms with Crippen LogP contribution in [0.15, 0.2) is 30.3 Å². The van der Waals surface area contributed by atoms with Gasteiger partial charge in [-0.25, -0.2) is 0 Å². The standard InChI is InChI=1S/C14H19NS/c1-10(2)15-9-11(3)14-8-12-6-4-5-7-13(12)16-14/h4-8,10-11,15H,9H2,1-3H3. The van der Waals surface area contributed by atoms with Gasteiger partial charge in [-0.1, -0.05) is 39.0 Å². The van der Waals surface area contributed by atoms with E-state index in [1.807, 2.05) is 11.3 Å². The van der Waals surface area contributed by atoms with Crippen molar-refractivity contribution in [2.75, 3.05) is 6.54 Å². The first-order valence-corrected chi connectivity index (χ1v) is 6.70. The summed E-state index contributed by atoms with van der Waals surface area (Å²) in [5, 5.41) is 4.87. The van der Waals surface area contributed by atoms with Crippen LogP contribution in [-0.2, 0) is 0 Å². The molecule has 1 aromatic heterocycles. The van der Waals surface area contributed by atoms with Gasteiger partial charge in [-0.05, 0) is 17.5 Å². The highest BCUT2D eigenvalue weighted by atomic mass is 32.1. The van der Waals surface area contributed by atoms with E-state index in [0.717, 1.165) is 6.54 Å². The number of fused-ring (bicyclic) bond motifs is 1. The maximum Gasteiger partial charge on any atom is 0.0345 e. The number of thiophene rings is 1. The summed E-state index contributed by atoms with van der Waals surface area (Å²) in [6, 6.07) is 11.5. The molecule has 1 N–H and O–H groups in total. The summed E-state index contributed by atoms with van der Waals surface area (Å²) in [5.74, 6) is 0.597. The van der Waals surface area contributed by atoms with E-state index in [0.29, 0.717) is 12.0 Å². The summed E-state index contributed by atoms with van der Waals surface area (Å²) in [7, 11) is 0. The Morgan fingerprint density at radius 3 is 2.62 bits per heavy atom. The van der Waals surface area contributed by atoms with Crippen molar-refractivity contribution in [1.29, 1.82) is 0 Å². The summed E-state index contributed by atoms with van der Waals surface area (Å²) in [6.45, 7) is 7.74. The Hall–Kier alpha value is -0.860. The lowest BCUT2D eigenvalue weighted by Gasteiger charge is -2.13. The van der Waals surface area contributed by atoms with E-state index < -0.39 is 0 Å². The summed E-state index contributed by atoms with van der Waals surface area (Å²) in [5.41, 5.74) is 0. The number of rotatable bonds is 4. The first kappa shape index (κ1) is 11.6. The van der Waals surface area contributed by atoms with Gasteiger partial charge in [-0.3, -0.25) is 0 Å². The highest BCUT2D eigenvalue weighted by molar-refractivity contribution is 7.19. The molecule has 0 saturated carbocycles. The van der Waals surface area contributed by atoms with Gasteiger partial charge in [0.2, 0.25) is 0 Å². The van der Waals surface area contributed by atoms with Gasteiger partial charge >= 0.3 is 0 Å². The topological polar surface area (TPSA) is 12.0 Å². The minimum Gasteiger partial charge on any atom is -0.314 e. The molecule has 2 aromatic rings. The first-order valence-electron chi connectivity index (χ1n) is 5.88. The van der Waals surface area contributed by atoms with Crippen LogP contribution in [0.25, 0.3) is 10.1 Å². The van der Waals surface area contributed by atoms with Gasteiger partial charge in [0.15, 0.2) is 0 Å². The Balaban J connectivity index is 2.13. The molecule has 0 fully saturated rings. The van der Waals surface area contributed by atoms with Crippen LogP contribution in [0.1, 0.15) is 31.6 Å². The average Bonchev–Trinajstić information content (AvgIpc) is 2.69. The van der Waals surface area contributed by atoms with Gasteiger partial charge in [0.25, 0.3) is 0 Å². The summed E-state index contributed by atoms with van der Waals surface area (Å²) >= 11 is 1.92. The largest absolute Gasteiger partial charge is 0.314 e. The first-order chi connectivity index (χ1) is 7.66. The molecular formula is C14H19NS. The second kappa shape index (κ2) is 4.98. The SMILES string of the molecule is CC(C)NCC(C)c1cc2ccccc2s1. The molecule has 0 radical (unpaired) electrons. The molecule has 1 atom stereocenters. The summed E-state index contributed by atoms with van der Waals surface area (Å²) in [6.07, 6.45) is 0. The molecule has 86 valence electrons. The van der Waals surface area contributed by atoms with Gasteiger partial charge in [-0.15, -0.1) is 11.3 Å². The fraction of sp³-hybridized carbons (Fsp3) is 0.429. The maximum atomic E-state index is 3.49. The van der Waals surface area contributed by atoms with Crippen LogP contribution in [0, 0.1) is 0 Å². The molecule has 1 nitrogen and oxygen atoms in total. The third-order valence-electron chi connectivity index (χ3n) is 2.76. The highest BCUT2D eigenvalue weighted by Crippen LogP contribution is 2.30. The number of hydrogen-bond donors (Lipinski definition) is 1. The van der Waals surface area contributed by atoms with Gasteiger partial charge in [-0.2, -0.15) is 0 Å². The smallest absolute Gasteiger partial charge is 0.0345 e. The van der Waals surface area contributed by atoms with Crippen molar-refractivity contribution in [3.63, 3.8) is 0 Å². The van der Waals surface area contributed by atoms with Crippen molar-refractivity contribution in [1.82, 2.24) is 5.32 Å². The number of nitrogens with one attached hydrogen (secondary N) is 1. The minimum absolute atomic E-state index is 0.567. The van der Waals surface area contributed by atoms with Crippen LogP contribution in [0.3, 0.4) is 0 Å². The Bertz CT molecular complexity index is 425. The van der Waals surface area contributed by atoms with Crippen molar-refractivity contribution < 1.29 is 0 Å². The van der Waals surface area contributed by atoms with Gasteiger partial charge in [0.05, 0.1) is 0 Å². The monoisotopic (exact) mass is 233 g/mol. The molecule has 2 heteroatoms. The molecule has 1 unspecified atom stereocenters. The predicted molar refractivity (Wildman–Crippen MR) is 73.4 cm³/mol. The van der Waals surface area contributed by atoms with Crippen LogP contribution in [0.4, 0.5) is 0 Å². The lowest BCUT2D eigenvalue weighted by Crippen LogP contribution is -2.26. The molecule has 2 rings (SSSR count). The van der Waals surface area contributed by atoms with Crippen LogP contribution < -0.4 is 5.32 Å². The van der Waals surface area contributed by atoms with Crippen molar-refractivity contribution in [2.45, 2.75) is 32.7 Å². The van der Waals surface area contributed by atoms with Gasteiger partial charge < -0.3 is 5.32 Å². The van der Waals surface area contributed by atoms with Crippen molar-refractivity contribution in [2.24, 2.45) is 0 Å². The average molecular weight is 233 g/mol. The predicted octanol–water partition coefficient (Wildman–Crippen LogP) is 4.00. The molecule has 1 aromatic carbocycles. The van der Waals surface area contributed by atoms with Crippen molar-refractivity contribution in [3.8, 4) is 0 Å². The molecular weight excluding hydrogens is 214 g/mol. The fourth-order valence-corrected chi connectivity index (χ4v) is 2.87. The van der Waals surface area contributed by atoms with E-state index in [1.165, 1.54) is 15.0 Å². The molecule has 0 aliphatic heterocycles. The minimum atomic E-state index is 0.567. The maximum absolute atomic E-state index is 3.49. The fourth-order valence-electron chi connectivity index (χ4n) is 1.76. The van der Waals surface area contributed by atoms with E-state index in [1.54, 1.807) is 0 Å². The van der Waals surface area contributed by atoms with Crippen LogP contribution in [-0.4, -0.2) is 12.6 Å². The Morgan fingerprint density at radius 2 is 1.94 bits per heavy atom. The lowest BCUT2D eigenvalue weighted by molar-refractivity contribution is 0.552. The van der Waals surface area contributed by atoms with E-state index in [4.69, 9.17) is 0 Å². The van der Waals surface area contributed by atoms with Crippen molar-refractivity contribution in [3.05, 3.63) is 35.2 Å². The van der Waals surface area contributed by atoms with Crippen LogP contribution in [0.5, 0.6) is 0 Å². The zero-order valence-corrected chi connectivity index (χ0v) is 11.0. The van der Waals surface area contributed by atoms with Gasteiger partial charge in [0, 0.05) is 28.1 Å². The molecule has 16 heavy (non-hydrogen) atoms. The quantitative estimate of drug-likeness (QED) is 0.841. The summed E-state index contributed by atoms with van der Waals surface area (Å²) in [4.78, 5) is 1.48. The zero-order valence-electron chi connectivity index (χ0n) is 10.2. The van der Waals surface area contributed by atoms with Crippen molar-refractivity contribution >= 4 is 21.4 Å². The summed E-state index contributed by atoms with van der Waals surface area (Å²) < 4.78 is 1.40. The highest BCUT2D eigenvalue weighted by Gasteiger charge is 2.09. The Labute approximate surface area is 101 Å². The lowest BCUT2D eigenvalue weighted by atomic mass is 10.1. The van der Waals surface area contributed by atoms with Crippen LogP contribution in [0.2, 0.25) is 0 Å². The third kappa shape index (κ3) is 2.63. The molecule has 1 heterocycles. The van der Waals surface area contributed by atoms with E-state index in [9.17, 15) is 0 Å². The van der Waals surface area contributed by atoms with Gasteiger partial charge in [0.1, 0.15) is 0 Å². The normalized spacial score (nSPS) is 13.5. The second-order valence-electron chi connectivity index (χ2n) is 4.65. The molecule has 0 saturated heterocycles. The molecule has 0 bridgehead atoms. The van der Waals surface area contributed by atoms with E-state index in [-0.39, 0.29) is 0 Å². The molecule has 0 aliphatic carbocycles. The molecule has 0 spiro atoms. The second-order valence-corrected chi connectivity index (χ2v) is 5.77. The Morgan fingerprint density at radius 1 is 1.19 bits per heavy atom. The van der Waals surface area contributed by atoms with Crippen LogP contribution >= 0.6 is 11.3 Å². The zero-order chi connectivity index (χ0) is 11.5. The molecule has 0 aliphatic rings. The molecule has 0 amide bonds. The van der Waals surface area contributed by atoms with E-state index >= 15 is 0 Å². The number of benzene rings is 1. The number of hydrogen-bond acceptors (Lipinski definition) is 2. The Kier molecular flexibility index (Phi) is 3.62. The van der Waals surface area contributed by atoms with E-state index in [2.05, 4.69) is 56.4 Å². The third-order valence-corrected chi connectivity index (χ3v) is 4.11.